The maximum Gasteiger partial charge on any atom is 0.234 e. The highest BCUT2D eigenvalue weighted by Gasteiger charge is 2.11. The highest BCUT2D eigenvalue weighted by molar-refractivity contribution is 7.99. The van der Waals surface area contributed by atoms with E-state index in [1.54, 1.807) is 24.1 Å². The van der Waals surface area contributed by atoms with E-state index in [2.05, 4.69) is 15.5 Å². The number of hydrogen-bond donors (Lipinski definition) is 1. The third-order valence-corrected chi connectivity index (χ3v) is 4.23. The van der Waals surface area contributed by atoms with Crippen molar-refractivity contribution >= 4 is 23.4 Å². The van der Waals surface area contributed by atoms with Gasteiger partial charge in [0.15, 0.2) is 5.16 Å². The molecule has 0 spiro atoms. The molecule has 128 valence electrons. The van der Waals surface area contributed by atoms with Gasteiger partial charge in [-0.1, -0.05) is 23.9 Å². The summed E-state index contributed by atoms with van der Waals surface area (Å²) in [7, 11) is 1.59. The van der Waals surface area contributed by atoms with Crippen molar-refractivity contribution in [2.24, 2.45) is 0 Å². The first-order valence-corrected chi connectivity index (χ1v) is 8.37. The largest absolute Gasteiger partial charge is 0.497 e. The molecule has 1 amide bonds. The van der Waals surface area contributed by atoms with Crippen LogP contribution in [0.3, 0.4) is 0 Å². The van der Waals surface area contributed by atoms with E-state index >= 15 is 0 Å². The second kappa shape index (κ2) is 7.80. The number of amides is 1. The minimum absolute atomic E-state index is 0.124. The number of anilines is 1. The molecule has 0 unspecified atom stereocenters. The fourth-order valence-corrected chi connectivity index (χ4v) is 2.88. The van der Waals surface area contributed by atoms with Crippen molar-refractivity contribution in [3.63, 3.8) is 0 Å². The lowest BCUT2D eigenvalue weighted by Gasteiger charge is -2.08. The fourth-order valence-electron chi connectivity index (χ4n) is 2.15. The number of carbonyl (C=O) groups is 1. The van der Waals surface area contributed by atoms with Crippen molar-refractivity contribution in [3.8, 4) is 11.4 Å². The van der Waals surface area contributed by atoms with Gasteiger partial charge in [-0.15, -0.1) is 10.2 Å². The maximum absolute atomic E-state index is 13.1. The van der Waals surface area contributed by atoms with Crippen LogP contribution in [0.5, 0.6) is 5.75 Å². The van der Waals surface area contributed by atoms with Gasteiger partial charge in [-0.2, -0.15) is 0 Å². The summed E-state index contributed by atoms with van der Waals surface area (Å²) in [6.07, 6.45) is 1.57. The zero-order valence-corrected chi connectivity index (χ0v) is 14.2. The molecule has 0 aliphatic carbocycles. The number of benzene rings is 2. The third kappa shape index (κ3) is 4.36. The highest BCUT2D eigenvalue weighted by Crippen LogP contribution is 2.22. The molecule has 1 N–H and O–H groups in total. The van der Waals surface area contributed by atoms with E-state index in [0.717, 1.165) is 5.69 Å². The van der Waals surface area contributed by atoms with E-state index in [4.69, 9.17) is 4.74 Å². The molecule has 0 fully saturated rings. The molecular formula is C17H15FN4O2S. The van der Waals surface area contributed by atoms with Gasteiger partial charge in [0, 0.05) is 11.8 Å². The monoisotopic (exact) mass is 358 g/mol. The summed E-state index contributed by atoms with van der Waals surface area (Å²) in [6.45, 7) is 0. The Morgan fingerprint density at radius 1 is 1.28 bits per heavy atom. The van der Waals surface area contributed by atoms with Crippen molar-refractivity contribution in [3.05, 3.63) is 60.7 Å². The Morgan fingerprint density at radius 3 is 2.92 bits per heavy atom. The molecule has 0 saturated carbocycles. The fraction of sp³-hybridized carbons (Fsp3) is 0.118. The van der Waals surface area contributed by atoms with E-state index in [1.807, 2.05) is 24.3 Å². The summed E-state index contributed by atoms with van der Waals surface area (Å²) in [6, 6.07) is 13.2. The molecule has 0 bridgehead atoms. The average Bonchev–Trinajstić information content (AvgIpc) is 3.08. The highest BCUT2D eigenvalue weighted by atomic mass is 32.2. The smallest absolute Gasteiger partial charge is 0.234 e. The van der Waals surface area contributed by atoms with Crippen LogP contribution in [0.25, 0.3) is 5.69 Å². The van der Waals surface area contributed by atoms with Gasteiger partial charge in [0.2, 0.25) is 5.91 Å². The number of rotatable bonds is 6. The van der Waals surface area contributed by atoms with Gasteiger partial charge in [0.05, 0.1) is 18.6 Å². The van der Waals surface area contributed by atoms with Crippen molar-refractivity contribution in [2.45, 2.75) is 5.16 Å². The minimum atomic E-state index is -0.400. The first-order chi connectivity index (χ1) is 12.2. The van der Waals surface area contributed by atoms with Gasteiger partial charge in [-0.25, -0.2) is 4.39 Å². The molecule has 8 heteroatoms. The zero-order chi connectivity index (χ0) is 17.6. The summed E-state index contributed by atoms with van der Waals surface area (Å²) in [5, 5.41) is 11.2. The Kier molecular flexibility index (Phi) is 5.30. The summed E-state index contributed by atoms with van der Waals surface area (Å²) in [5.41, 5.74) is 1.25. The van der Waals surface area contributed by atoms with Crippen molar-refractivity contribution in [2.75, 3.05) is 18.2 Å². The normalized spacial score (nSPS) is 10.5. The van der Waals surface area contributed by atoms with Crippen LogP contribution < -0.4 is 10.1 Å². The van der Waals surface area contributed by atoms with E-state index in [-0.39, 0.29) is 11.7 Å². The van der Waals surface area contributed by atoms with Gasteiger partial charge in [0.25, 0.3) is 0 Å². The van der Waals surface area contributed by atoms with Gasteiger partial charge in [0.1, 0.15) is 17.9 Å². The standard InChI is InChI=1S/C17H15FN4O2S/c1-24-15-7-3-6-14(9-15)22-11-19-21-17(22)25-10-16(23)20-13-5-2-4-12(18)8-13/h2-9,11H,10H2,1H3,(H,20,23). The van der Waals surface area contributed by atoms with E-state index in [0.29, 0.717) is 16.6 Å². The first kappa shape index (κ1) is 17.0. The maximum atomic E-state index is 13.1. The Balaban J connectivity index is 1.66. The molecular weight excluding hydrogens is 343 g/mol. The molecule has 2 aromatic carbocycles. The number of methoxy groups -OCH3 is 1. The van der Waals surface area contributed by atoms with Crippen LogP contribution in [0.1, 0.15) is 0 Å². The van der Waals surface area contributed by atoms with Crippen LogP contribution in [0, 0.1) is 5.82 Å². The van der Waals surface area contributed by atoms with Crippen molar-refractivity contribution in [1.82, 2.24) is 14.8 Å². The van der Waals surface area contributed by atoms with Gasteiger partial charge < -0.3 is 10.1 Å². The number of halogens is 1. The molecule has 1 heterocycles. The summed E-state index contributed by atoms with van der Waals surface area (Å²) >= 11 is 1.24. The lowest BCUT2D eigenvalue weighted by atomic mass is 10.3. The van der Waals surface area contributed by atoms with E-state index in [1.165, 1.54) is 30.0 Å². The van der Waals surface area contributed by atoms with Crippen molar-refractivity contribution in [1.29, 1.82) is 0 Å². The summed E-state index contributed by atoms with van der Waals surface area (Å²) in [4.78, 5) is 12.0. The number of nitrogens with zero attached hydrogens (tertiary/aromatic N) is 3. The van der Waals surface area contributed by atoms with Gasteiger partial charge in [-0.05, 0) is 30.3 Å². The number of nitrogens with one attached hydrogen (secondary N) is 1. The molecule has 0 radical (unpaired) electrons. The Bertz CT molecular complexity index is 884. The SMILES string of the molecule is COc1cccc(-n2cnnc2SCC(=O)Nc2cccc(F)c2)c1. The van der Waals surface area contributed by atoms with Crippen LogP contribution in [0.2, 0.25) is 0 Å². The number of thioether (sulfide) groups is 1. The second-order valence-electron chi connectivity index (χ2n) is 5.03. The van der Waals surface area contributed by atoms with Crippen LogP contribution in [0.4, 0.5) is 10.1 Å². The quantitative estimate of drug-likeness (QED) is 0.686. The molecule has 3 aromatic rings. The lowest BCUT2D eigenvalue weighted by Crippen LogP contribution is -2.14. The Morgan fingerprint density at radius 2 is 2.12 bits per heavy atom. The number of carbonyl (C=O) groups excluding carboxylic acids is 1. The minimum Gasteiger partial charge on any atom is -0.497 e. The Labute approximate surface area is 148 Å². The van der Waals surface area contributed by atoms with Gasteiger partial charge >= 0.3 is 0 Å². The molecule has 25 heavy (non-hydrogen) atoms. The van der Waals surface area contributed by atoms with Crippen LogP contribution in [0.15, 0.2) is 60.0 Å². The third-order valence-electron chi connectivity index (χ3n) is 3.29. The molecule has 6 nitrogen and oxygen atoms in total. The predicted molar refractivity (Wildman–Crippen MR) is 93.7 cm³/mol. The van der Waals surface area contributed by atoms with Crippen LogP contribution in [-0.4, -0.2) is 33.5 Å². The number of ether oxygens (including phenoxy) is 1. The molecule has 1 aromatic heterocycles. The first-order valence-electron chi connectivity index (χ1n) is 7.38. The van der Waals surface area contributed by atoms with Crippen molar-refractivity contribution < 1.29 is 13.9 Å². The zero-order valence-electron chi connectivity index (χ0n) is 13.3. The summed E-state index contributed by atoms with van der Waals surface area (Å²) in [5.74, 6) is 0.184. The topological polar surface area (TPSA) is 69.0 Å². The van der Waals surface area contributed by atoms with Crippen LogP contribution in [-0.2, 0) is 4.79 Å². The average molecular weight is 358 g/mol. The van der Waals surface area contributed by atoms with E-state index in [9.17, 15) is 9.18 Å². The van der Waals surface area contributed by atoms with E-state index < -0.39 is 5.82 Å². The molecule has 0 aliphatic rings. The lowest BCUT2D eigenvalue weighted by molar-refractivity contribution is -0.113. The van der Waals surface area contributed by atoms with Crippen LogP contribution >= 0.6 is 11.8 Å². The number of hydrogen-bond acceptors (Lipinski definition) is 5. The second-order valence-corrected chi connectivity index (χ2v) is 5.97. The molecule has 3 rings (SSSR count). The molecule has 0 atom stereocenters. The molecule has 0 aliphatic heterocycles. The Hall–Kier alpha value is -2.87. The predicted octanol–water partition coefficient (Wildman–Crippen LogP) is 3.15. The summed E-state index contributed by atoms with van der Waals surface area (Å²) < 4.78 is 20.1. The van der Waals surface area contributed by atoms with Gasteiger partial charge in [-0.3, -0.25) is 9.36 Å². The molecule has 0 saturated heterocycles. The number of aromatic nitrogens is 3.